The van der Waals surface area contributed by atoms with Gasteiger partial charge in [-0.3, -0.25) is 0 Å². The second-order valence-electron chi connectivity index (χ2n) is 16.3. The van der Waals surface area contributed by atoms with Gasteiger partial charge >= 0.3 is 0 Å². The van der Waals surface area contributed by atoms with Crippen molar-refractivity contribution in [2.24, 2.45) is 0 Å². The quantitative estimate of drug-likeness (QED) is 0.156. The van der Waals surface area contributed by atoms with Crippen LogP contribution in [0, 0.1) is 12.1 Å². The van der Waals surface area contributed by atoms with E-state index in [0.717, 1.165) is 107 Å². The number of fused-ring (bicyclic) bond motifs is 6. The molecule has 0 amide bonds. The average molecular weight is 803 g/mol. The molecule has 0 unspecified atom stereocenters. The summed E-state index contributed by atoms with van der Waals surface area (Å²) in [7, 11) is 0. The van der Waals surface area contributed by atoms with Gasteiger partial charge in [0.05, 0.1) is 5.69 Å². The molecule has 10 aromatic carbocycles. The maximum atomic E-state index is 7.04. The van der Waals surface area contributed by atoms with Gasteiger partial charge in [-0.1, -0.05) is 127 Å². The van der Waals surface area contributed by atoms with E-state index in [9.17, 15) is 0 Å². The van der Waals surface area contributed by atoms with Crippen molar-refractivity contribution >= 4 is 68.0 Å². The van der Waals surface area contributed by atoms with Gasteiger partial charge in [0.15, 0.2) is 0 Å². The van der Waals surface area contributed by atoms with E-state index in [1.807, 2.05) is 12.1 Å². The zero-order chi connectivity index (χ0) is 41.4. The SMILES string of the molecule is c1ccc(-c2ccc3c(c2)N(c2cccc(-c4ccccc4)c2)c2cccc4c2B3c2cc3c(cc2O4)-c2ccc(N(c4ccccc4)c4ccccc4)c4cccc(c24)O3)cc#1. The van der Waals surface area contributed by atoms with Gasteiger partial charge in [0.1, 0.15) is 23.0 Å². The number of hydrogen-bond donors (Lipinski definition) is 0. The molecule has 0 radical (unpaired) electrons. The summed E-state index contributed by atoms with van der Waals surface area (Å²) in [5.41, 5.74) is 16.6. The lowest BCUT2D eigenvalue weighted by Gasteiger charge is -2.40. The first-order chi connectivity index (χ1) is 31.2. The fraction of sp³-hybridized carbons (Fsp3) is 0. The van der Waals surface area contributed by atoms with Gasteiger partial charge in [0.25, 0.3) is 6.71 Å². The van der Waals surface area contributed by atoms with Crippen molar-refractivity contribution in [3.8, 4) is 56.4 Å². The van der Waals surface area contributed by atoms with Crippen LogP contribution in [0.4, 0.5) is 34.1 Å². The summed E-state index contributed by atoms with van der Waals surface area (Å²) in [6.07, 6.45) is 0. The first-order valence-electron chi connectivity index (χ1n) is 21.4. The highest BCUT2D eigenvalue weighted by atomic mass is 16.5. The molecule has 5 heteroatoms. The third kappa shape index (κ3) is 5.59. The van der Waals surface area contributed by atoms with Gasteiger partial charge in [-0.15, -0.1) is 0 Å². The van der Waals surface area contributed by atoms with E-state index >= 15 is 0 Å². The highest BCUT2D eigenvalue weighted by Crippen LogP contribution is 2.52. The number of hydrogen-bond acceptors (Lipinski definition) is 4. The Morgan fingerprint density at radius 3 is 1.95 bits per heavy atom. The summed E-state index contributed by atoms with van der Waals surface area (Å²) in [6, 6.07) is 81.5. The predicted molar refractivity (Wildman–Crippen MR) is 259 cm³/mol. The van der Waals surface area contributed by atoms with Gasteiger partial charge < -0.3 is 19.3 Å². The maximum absolute atomic E-state index is 7.04. The molecular formula is C58H35BN2O2. The molecule has 0 aliphatic carbocycles. The lowest BCUT2D eigenvalue weighted by molar-refractivity contribution is 0.475. The molecule has 3 heterocycles. The number of nitrogens with zero attached hydrogens (tertiary/aromatic N) is 2. The minimum Gasteiger partial charge on any atom is -0.458 e. The molecule has 0 N–H and O–H groups in total. The van der Waals surface area contributed by atoms with Crippen LogP contribution in [0.5, 0.6) is 23.0 Å². The van der Waals surface area contributed by atoms with E-state index in [-0.39, 0.29) is 6.71 Å². The number of benzene rings is 9. The number of rotatable bonds is 6. The van der Waals surface area contributed by atoms with Crippen LogP contribution in [0.1, 0.15) is 0 Å². The van der Waals surface area contributed by atoms with Crippen molar-refractivity contribution in [3.63, 3.8) is 0 Å². The maximum Gasteiger partial charge on any atom is 0.256 e. The number of ether oxygens (including phenoxy) is 2. The standard InChI is InChI=1S/C58H35BN2O2/c1-5-16-38(17-6-1)40-20-13-25-44(34-40)61-51-27-15-29-54-58(51)59(48-32-30-41(35-52(48)61)39-18-7-2-8-19-39)49-37-55-47(36-56(49)63-54)45-31-33-50(46-26-14-28-53(62-55)57(45)46)60(42-21-9-3-10-22-42)43-23-11-4-12-24-43/h1,3-7,9-37H. The molecule has 0 bridgehead atoms. The number of anilines is 6. The Bertz CT molecular complexity index is 3370. The zero-order valence-electron chi connectivity index (χ0n) is 34.0. The third-order valence-electron chi connectivity index (χ3n) is 12.8. The molecule has 63 heavy (non-hydrogen) atoms. The van der Waals surface area contributed by atoms with Crippen molar-refractivity contribution < 1.29 is 9.47 Å². The Labute approximate surface area is 366 Å². The fourth-order valence-electron chi connectivity index (χ4n) is 10.0. The molecular weight excluding hydrogens is 767 g/mol. The summed E-state index contributed by atoms with van der Waals surface area (Å²) in [4.78, 5) is 4.73. The molecule has 3 aliphatic rings. The molecule has 292 valence electrons. The van der Waals surface area contributed by atoms with Crippen LogP contribution in [0.15, 0.2) is 212 Å². The zero-order valence-corrected chi connectivity index (χ0v) is 34.0. The van der Waals surface area contributed by atoms with Crippen LogP contribution in [0.2, 0.25) is 0 Å². The fourth-order valence-corrected chi connectivity index (χ4v) is 10.0. The van der Waals surface area contributed by atoms with Gasteiger partial charge in [-0.2, -0.15) is 0 Å². The Hall–Kier alpha value is -8.46. The lowest BCUT2D eigenvalue weighted by atomic mass is 9.34. The molecule has 0 aromatic heterocycles. The summed E-state index contributed by atoms with van der Waals surface area (Å²) < 4.78 is 14.0. The van der Waals surface area contributed by atoms with Crippen LogP contribution < -0.4 is 35.7 Å². The van der Waals surface area contributed by atoms with Crippen LogP contribution in [-0.2, 0) is 0 Å². The largest absolute Gasteiger partial charge is 0.458 e. The summed E-state index contributed by atoms with van der Waals surface area (Å²) in [5.74, 6) is 3.35. The normalized spacial score (nSPS) is 12.5. The van der Waals surface area contributed by atoms with Crippen LogP contribution in [0.25, 0.3) is 44.2 Å². The molecule has 0 saturated heterocycles. The third-order valence-corrected chi connectivity index (χ3v) is 12.8. The molecule has 0 spiro atoms. The Balaban J connectivity index is 0.984. The molecule has 4 nitrogen and oxygen atoms in total. The molecule has 0 fully saturated rings. The van der Waals surface area contributed by atoms with Gasteiger partial charge in [0.2, 0.25) is 0 Å². The molecule has 10 aromatic rings. The first-order valence-corrected chi connectivity index (χ1v) is 21.4. The molecule has 3 aliphatic heterocycles. The Kier molecular flexibility index (Phi) is 7.88. The van der Waals surface area contributed by atoms with Crippen molar-refractivity contribution in [2.45, 2.75) is 0 Å². The van der Waals surface area contributed by atoms with Crippen molar-refractivity contribution in [2.75, 3.05) is 9.80 Å². The van der Waals surface area contributed by atoms with Gasteiger partial charge in [-0.05, 0) is 141 Å². The van der Waals surface area contributed by atoms with E-state index in [2.05, 4.69) is 222 Å². The monoisotopic (exact) mass is 802 g/mol. The van der Waals surface area contributed by atoms with Gasteiger partial charge in [-0.25, -0.2) is 0 Å². The van der Waals surface area contributed by atoms with Crippen molar-refractivity contribution in [1.29, 1.82) is 0 Å². The Morgan fingerprint density at radius 1 is 0.444 bits per heavy atom. The topological polar surface area (TPSA) is 24.9 Å². The molecule has 0 atom stereocenters. The predicted octanol–water partition coefficient (Wildman–Crippen LogP) is 13.4. The second kappa shape index (κ2) is 14.1. The molecule has 0 saturated carbocycles. The van der Waals surface area contributed by atoms with Crippen molar-refractivity contribution in [3.05, 3.63) is 224 Å². The van der Waals surface area contributed by atoms with E-state index in [4.69, 9.17) is 9.47 Å². The van der Waals surface area contributed by atoms with E-state index < -0.39 is 0 Å². The lowest BCUT2D eigenvalue weighted by Crippen LogP contribution is -2.59. The van der Waals surface area contributed by atoms with Gasteiger partial charge in [0, 0.05) is 44.8 Å². The highest BCUT2D eigenvalue weighted by molar-refractivity contribution is 6.99. The van der Waals surface area contributed by atoms with Crippen LogP contribution in [0.3, 0.4) is 0 Å². The van der Waals surface area contributed by atoms with Crippen molar-refractivity contribution in [1.82, 2.24) is 0 Å². The minimum absolute atomic E-state index is 0.105. The van der Waals surface area contributed by atoms with E-state index in [1.165, 1.54) is 11.0 Å². The van der Waals surface area contributed by atoms with Crippen LogP contribution >= 0.6 is 0 Å². The molecule has 13 rings (SSSR count). The van der Waals surface area contributed by atoms with E-state index in [0.29, 0.717) is 0 Å². The smallest absolute Gasteiger partial charge is 0.256 e. The van der Waals surface area contributed by atoms with Crippen LogP contribution in [-0.4, -0.2) is 6.71 Å². The summed E-state index contributed by atoms with van der Waals surface area (Å²) >= 11 is 0. The summed E-state index contributed by atoms with van der Waals surface area (Å²) in [6.45, 7) is -0.105. The first kappa shape index (κ1) is 35.3. The van der Waals surface area contributed by atoms with E-state index in [1.54, 1.807) is 0 Å². The minimum atomic E-state index is -0.105. The average Bonchev–Trinajstić information content (AvgIpc) is 3.35. The second-order valence-corrected chi connectivity index (χ2v) is 16.3. The number of para-hydroxylation sites is 2. The summed E-state index contributed by atoms with van der Waals surface area (Å²) in [5, 5.41) is 2.19. The highest BCUT2D eigenvalue weighted by Gasteiger charge is 2.43. The Morgan fingerprint density at radius 2 is 1.16 bits per heavy atom.